The van der Waals surface area contributed by atoms with Gasteiger partial charge in [-0.25, -0.2) is 0 Å². The van der Waals surface area contributed by atoms with Gasteiger partial charge in [-0.2, -0.15) is 13.2 Å². The third kappa shape index (κ3) is 7.28. The van der Waals surface area contributed by atoms with Crippen molar-refractivity contribution in [3.63, 3.8) is 0 Å². The van der Waals surface area contributed by atoms with E-state index in [9.17, 15) is 13.2 Å². The smallest absolute Gasteiger partial charge is 0.311 e. The molecule has 1 nitrogen and oxygen atoms in total. The lowest BCUT2D eigenvalue weighted by molar-refractivity contribution is -0.0328. The Bertz CT molecular complexity index is 398. The fourth-order valence-corrected chi connectivity index (χ4v) is 2.02. The highest BCUT2D eigenvalue weighted by Crippen LogP contribution is 2.36. The molecule has 0 aliphatic rings. The van der Waals surface area contributed by atoms with Crippen LogP contribution in [0.1, 0.15) is 25.8 Å². The van der Waals surface area contributed by atoms with E-state index < -0.39 is 5.51 Å². The molecule has 0 aliphatic heterocycles. The zero-order valence-corrected chi connectivity index (χ0v) is 11.8. The molecule has 0 saturated heterocycles. The van der Waals surface area contributed by atoms with Crippen LogP contribution in [0, 0.1) is 0 Å². The average Bonchev–Trinajstić information content (AvgIpc) is 2.33. The van der Waals surface area contributed by atoms with E-state index in [-0.39, 0.29) is 22.7 Å². The van der Waals surface area contributed by atoms with Crippen molar-refractivity contribution >= 4 is 17.8 Å². The van der Waals surface area contributed by atoms with E-state index in [2.05, 4.69) is 12.2 Å². The van der Waals surface area contributed by atoms with Crippen molar-refractivity contribution in [1.29, 1.82) is 0 Å². The van der Waals surface area contributed by atoms with Crippen LogP contribution in [0.3, 0.4) is 0 Å². The number of halogens is 3. The molecule has 1 atom stereocenters. The molecule has 1 aromatic rings. The molecule has 5 heteroatoms. The SMILES string of the molecule is CCCNC(C)/C=C/c1ccc(SC(F)(F)F)cc1. The van der Waals surface area contributed by atoms with Crippen LogP contribution in [0.5, 0.6) is 0 Å². The first kappa shape index (κ1) is 16.1. The Morgan fingerprint density at radius 2 is 1.89 bits per heavy atom. The van der Waals surface area contributed by atoms with Crippen molar-refractivity contribution in [2.75, 3.05) is 6.54 Å². The van der Waals surface area contributed by atoms with Gasteiger partial charge in [0.15, 0.2) is 0 Å². The summed E-state index contributed by atoms with van der Waals surface area (Å²) in [6, 6.07) is 6.61. The topological polar surface area (TPSA) is 12.0 Å². The standard InChI is InChI=1S/C14H18F3NS/c1-3-10-18-11(2)4-5-12-6-8-13(9-7-12)19-14(15,16)17/h4-9,11,18H,3,10H2,1-2H3/b5-4+. The molecule has 1 unspecified atom stereocenters. The molecule has 1 aromatic carbocycles. The average molecular weight is 289 g/mol. The van der Waals surface area contributed by atoms with Crippen LogP contribution in [0.4, 0.5) is 13.2 Å². The first-order chi connectivity index (χ1) is 8.90. The van der Waals surface area contributed by atoms with Gasteiger partial charge in [-0.3, -0.25) is 0 Å². The van der Waals surface area contributed by atoms with Crippen LogP contribution in [-0.4, -0.2) is 18.1 Å². The van der Waals surface area contributed by atoms with E-state index in [1.807, 2.05) is 19.1 Å². The number of hydrogen-bond acceptors (Lipinski definition) is 2. The Kier molecular flexibility index (Phi) is 6.45. The van der Waals surface area contributed by atoms with Crippen molar-refractivity contribution in [2.24, 2.45) is 0 Å². The third-order valence-corrected chi connectivity index (χ3v) is 3.15. The van der Waals surface area contributed by atoms with Gasteiger partial charge in [-0.1, -0.05) is 31.2 Å². The van der Waals surface area contributed by atoms with Crippen LogP contribution < -0.4 is 5.32 Å². The maximum absolute atomic E-state index is 12.2. The minimum atomic E-state index is -4.23. The summed E-state index contributed by atoms with van der Waals surface area (Å²) < 4.78 is 36.5. The quantitative estimate of drug-likeness (QED) is 0.762. The molecule has 0 aromatic heterocycles. The van der Waals surface area contributed by atoms with E-state index in [1.165, 1.54) is 12.1 Å². The van der Waals surface area contributed by atoms with Crippen molar-refractivity contribution in [3.05, 3.63) is 35.9 Å². The highest BCUT2D eigenvalue weighted by molar-refractivity contribution is 8.00. The summed E-state index contributed by atoms with van der Waals surface area (Å²) in [4.78, 5) is 0.210. The van der Waals surface area contributed by atoms with Gasteiger partial charge < -0.3 is 5.32 Å². The fraction of sp³-hybridized carbons (Fsp3) is 0.429. The highest BCUT2D eigenvalue weighted by Gasteiger charge is 2.28. The Labute approximate surface area is 116 Å². The molecule has 19 heavy (non-hydrogen) atoms. The van der Waals surface area contributed by atoms with Crippen molar-refractivity contribution in [1.82, 2.24) is 5.32 Å². The van der Waals surface area contributed by atoms with Gasteiger partial charge in [-0.15, -0.1) is 0 Å². The van der Waals surface area contributed by atoms with E-state index in [4.69, 9.17) is 0 Å². The number of rotatable bonds is 6. The lowest BCUT2D eigenvalue weighted by Gasteiger charge is -2.08. The summed E-state index contributed by atoms with van der Waals surface area (Å²) in [7, 11) is 0. The summed E-state index contributed by atoms with van der Waals surface area (Å²) in [5.74, 6) is 0. The molecule has 106 valence electrons. The molecule has 0 bridgehead atoms. The van der Waals surface area contributed by atoms with Crippen LogP contribution in [0.2, 0.25) is 0 Å². The number of hydrogen-bond donors (Lipinski definition) is 1. The molecule has 0 saturated carbocycles. The van der Waals surface area contributed by atoms with Crippen molar-refractivity contribution in [2.45, 2.75) is 36.7 Å². The minimum Gasteiger partial charge on any atom is -0.311 e. The summed E-state index contributed by atoms with van der Waals surface area (Å²) in [6.45, 7) is 5.09. The Balaban J connectivity index is 2.54. The fourth-order valence-electron chi connectivity index (χ4n) is 1.48. The first-order valence-corrected chi connectivity index (χ1v) is 7.00. The Morgan fingerprint density at radius 1 is 1.26 bits per heavy atom. The van der Waals surface area contributed by atoms with Crippen LogP contribution >= 0.6 is 11.8 Å². The van der Waals surface area contributed by atoms with Crippen molar-refractivity contribution < 1.29 is 13.2 Å². The molecule has 0 fully saturated rings. The molecule has 1 rings (SSSR count). The van der Waals surface area contributed by atoms with Gasteiger partial charge in [0.1, 0.15) is 0 Å². The molecule has 0 spiro atoms. The van der Waals surface area contributed by atoms with Gasteiger partial charge in [0.25, 0.3) is 0 Å². The van der Waals surface area contributed by atoms with E-state index >= 15 is 0 Å². The lowest BCUT2D eigenvalue weighted by Crippen LogP contribution is -2.24. The summed E-state index contributed by atoms with van der Waals surface area (Å²) >= 11 is -0.0915. The molecule has 0 heterocycles. The van der Waals surface area contributed by atoms with E-state index in [0.29, 0.717) is 0 Å². The predicted molar refractivity (Wildman–Crippen MR) is 75.1 cm³/mol. The lowest BCUT2D eigenvalue weighted by atomic mass is 10.2. The molecule has 1 N–H and O–H groups in total. The number of benzene rings is 1. The van der Waals surface area contributed by atoms with Gasteiger partial charge in [0, 0.05) is 10.9 Å². The number of nitrogens with one attached hydrogen (secondary N) is 1. The Hall–Kier alpha value is -0.940. The van der Waals surface area contributed by atoms with E-state index in [1.54, 1.807) is 12.1 Å². The second-order valence-electron chi connectivity index (χ2n) is 4.22. The van der Waals surface area contributed by atoms with Gasteiger partial charge in [0.05, 0.1) is 0 Å². The zero-order chi connectivity index (χ0) is 14.3. The second-order valence-corrected chi connectivity index (χ2v) is 5.36. The molecular formula is C14H18F3NS. The highest BCUT2D eigenvalue weighted by atomic mass is 32.2. The number of thioether (sulfide) groups is 1. The maximum atomic E-state index is 12.2. The summed E-state index contributed by atoms with van der Waals surface area (Å²) in [5, 5.41) is 3.31. The minimum absolute atomic E-state index is 0.0915. The maximum Gasteiger partial charge on any atom is 0.446 e. The Morgan fingerprint density at radius 3 is 2.42 bits per heavy atom. The molecule has 0 amide bonds. The normalized spacial score (nSPS) is 13.9. The van der Waals surface area contributed by atoms with Crippen LogP contribution in [0.25, 0.3) is 6.08 Å². The predicted octanol–water partition coefficient (Wildman–Crippen LogP) is 4.70. The summed E-state index contributed by atoms with van der Waals surface area (Å²) in [6.07, 6.45) is 4.98. The third-order valence-electron chi connectivity index (χ3n) is 2.41. The van der Waals surface area contributed by atoms with Gasteiger partial charge in [-0.05, 0) is 49.3 Å². The molecule has 0 aliphatic carbocycles. The first-order valence-electron chi connectivity index (χ1n) is 6.18. The molecular weight excluding hydrogens is 271 g/mol. The summed E-state index contributed by atoms with van der Waals surface area (Å²) in [5.41, 5.74) is -3.33. The second kappa shape index (κ2) is 7.60. The van der Waals surface area contributed by atoms with Crippen LogP contribution in [0.15, 0.2) is 35.2 Å². The molecule has 0 radical (unpaired) electrons. The largest absolute Gasteiger partial charge is 0.446 e. The van der Waals surface area contributed by atoms with Crippen LogP contribution in [-0.2, 0) is 0 Å². The van der Waals surface area contributed by atoms with E-state index in [0.717, 1.165) is 18.5 Å². The van der Waals surface area contributed by atoms with Gasteiger partial charge >= 0.3 is 5.51 Å². The number of alkyl halides is 3. The van der Waals surface area contributed by atoms with Gasteiger partial charge in [0.2, 0.25) is 0 Å². The van der Waals surface area contributed by atoms with Crippen molar-refractivity contribution in [3.8, 4) is 0 Å². The zero-order valence-electron chi connectivity index (χ0n) is 11.0. The monoisotopic (exact) mass is 289 g/mol.